The number of hydrogen-bond donors (Lipinski definition) is 0. The van der Waals surface area contributed by atoms with Gasteiger partial charge in [0.15, 0.2) is 0 Å². The summed E-state index contributed by atoms with van der Waals surface area (Å²) in [6, 6.07) is 5.32. The molecular weight excluding hydrogens is 274 g/mol. The third-order valence-corrected chi connectivity index (χ3v) is 4.01. The molecule has 106 valence electrons. The smallest absolute Gasteiger partial charge is 0.150 e. The van der Waals surface area contributed by atoms with Crippen LogP contribution in [0.4, 0.5) is 0 Å². The Morgan fingerprint density at radius 3 is 2.90 bits per heavy atom. The van der Waals surface area contributed by atoms with Crippen LogP contribution in [0.3, 0.4) is 0 Å². The summed E-state index contributed by atoms with van der Waals surface area (Å²) in [5.41, 5.74) is 4.43. The Balaban J connectivity index is 1.90. The third kappa shape index (κ3) is 3.65. The topological polar surface area (TPSA) is 48.4 Å². The van der Waals surface area contributed by atoms with Crippen LogP contribution in [0.2, 0.25) is 0 Å². The van der Waals surface area contributed by atoms with Gasteiger partial charge in [-0.25, -0.2) is 4.98 Å². The summed E-state index contributed by atoms with van der Waals surface area (Å²) in [5.74, 6) is 0.740. The fourth-order valence-electron chi connectivity index (χ4n) is 1.90. The molecule has 5 heteroatoms. The van der Waals surface area contributed by atoms with Gasteiger partial charge in [-0.15, -0.1) is 11.3 Å². The van der Waals surface area contributed by atoms with Gasteiger partial charge in [0.2, 0.25) is 0 Å². The first-order valence-corrected chi connectivity index (χ1v) is 7.21. The fourth-order valence-corrected chi connectivity index (χ4v) is 2.66. The molecule has 0 atom stereocenters. The highest BCUT2D eigenvalue weighted by molar-refractivity contribution is 7.09. The molecule has 0 amide bonds. The van der Waals surface area contributed by atoms with E-state index in [0.717, 1.165) is 29.7 Å². The molecule has 0 bridgehead atoms. The lowest BCUT2D eigenvalue weighted by Crippen LogP contribution is -2.01. The number of hydrogen-bond acceptors (Lipinski definition) is 5. The Kier molecular flexibility index (Phi) is 5.26. The molecule has 0 unspecified atom stereocenters. The van der Waals surface area contributed by atoms with Crippen molar-refractivity contribution in [1.82, 2.24) is 4.98 Å². The molecule has 2 aromatic rings. The molecule has 0 spiro atoms. The first-order chi connectivity index (χ1) is 9.74. The molecule has 2 rings (SSSR count). The van der Waals surface area contributed by atoms with Crippen molar-refractivity contribution in [2.24, 2.45) is 0 Å². The summed E-state index contributed by atoms with van der Waals surface area (Å²) in [7, 11) is 1.61. The summed E-state index contributed by atoms with van der Waals surface area (Å²) in [4.78, 5) is 16.3. The molecule has 0 N–H and O–H groups in total. The lowest BCUT2D eigenvalue weighted by Gasteiger charge is -2.09. The number of carbonyl (C=O) groups is 1. The van der Waals surface area contributed by atoms with Crippen molar-refractivity contribution in [3.05, 3.63) is 45.4 Å². The number of nitrogens with zero attached hydrogens (tertiary/aromatic N) is 1. The van der Waals surface area contributed by atoms with E-state index in [1.54, 1.807) is 36.6 Å². The molecular formula is C15H17NO3S. The second-order valence-electron chi connectivity index (χ2n) is 4.35. The Labute approximate surface area is 122 Å². The summed E-state index contributed by atoms with van der Waals surface area (Å²) < 4.78 is 10.9. The molecule has 0 aliphatic heterocycles. The minimum atomic E-state index is 0.433. The molecule has 0 saturated heterocycles. The van der Waals surface area contributed by atoms with Crippen molar-refractivity contribution in [2.75, 3.05) is 13.7 Å². The van der Waals surface area contributed by atoms with Gasteiger partial charge in [0.25, 0.3) is 0 Å². The van der Waals surface area contributed by atoms with Gasteiger partial charge < -0.3 is 9.47 Å². The van der Waals surface area contributed by atoms with Gasteiger partial charge in [-0.3, -0.25) is 4.79 Å². The molecule has 1 aromatic carbocycles. The van der Waals surface area contributed by atoms with E-state index in [0.29, 0.717) is 18.8 Å². The van der Waals surface area contributed by atoms with Crippen molar-refractivity contribution < 1.29 is 14.3 Å². The quantitative estimate of drug-likeness (QED) is 0.581. The second kappa shape index (κ2) is 7.17. The molecule has 1 aromatic heterocycles. The van der Waals surface area contributed by atoms with Gasteiger partial charge in [0, 0.05) is 22.4 Å². The standard InChI is InChI=1S/C15H17NO3S/c1-11-15(20-10-16-11)5-6-19-9-13-7-12(8-17)3-4-14(13)18-2/h3-4,7-8,10H,5-6,9H2,1-2H3. The van der Waals surface area contributed by atoms with Crippen LogP contribution >= 0.6 is 11.3 Å². The van der Waals surface area contributed by atoms with E-state index in [2.05, 4.69) is 4.98 Å². The molecule has 4 nitrogen and oxygen atoms in total. The second-order valence-corrected chi connectivity index (χ2v) is 5.29. The predicted molar refractivity (Wildman–Crippen MR) is 78.6 cm³/mol. The highest BCUT2D eigenvalue weighted by Gasteiger charge is 2.06. The Morgan fingerprint density at radius 2 is 2.25 bits per heavy atom. The number of methoxy groups -OCH3 is 1. The zero-order valence-corrected chi connectivity index (χ0v) is 12.4. The van der Waals surface area contributed by atoms with Crippen LogP contribution in [0.1, 0.15) is 26.5 Å². The fraction of sp³-hybridized carbons (Fsp3) is 0.333. The number of aldehydes is 1. The molecule has 1 heterocycles. The average molecular weight is 291 g/mol. The van der Waals surface area contributed by atoms with Crippen molar-refractivity contribution in [3.8, 4) is 5.75 Å². The number of aryl methyl sites for hydroxylation is 1. The molecule has 0 radical (unpaired) electrons. The predicted octanol–water partition coefficient (Wildman–Crippen LogP) is 3.03. The van der Waals surface area contributed by atoms with Crippen LogP contribution in [-0.2, 0) is 17.8 Å². The van der Waals surface area contributed by atoms with Crippen LogP contribution in [0, 0.1) is 6.92 Å². The van der Waals surface area contributed by atoms with Gasteiger partial charge in [0.1, 0.15) is 12.0 Å². The van der Waals surface area contributed by atoms with Crippen molar-refractivity contribution in [1.29, 1.82) is 0 Å². The summed E-state index contributed by atoms with van der Waals surface area (Å²) in [6.45, 7) is 3.06. The molecule has 0 saturated carbocycles. The van der Waals surface area contributed by atoms with E-state index < -0.39 is 0 Å². The average Bonchev–Trinajstić information content (AvgIpc) is 2.88. The van der Waals surface area contributed by atoms with Crippen LogP contribution < -0.4 is 4.74 Å². The first kappa shape index (κ1) is 14.7. The third-order valence-electron chi connectivity index (χ3n) is 3.02. The normalized spacial score (nSPS) is 10.5. The Bertz CT molecular complexity index is 580. The van der Waals surface area contributed by atoms with E-state index >= 15 is 0 Å². The SMILES string of the molecule is COc1ccc(C=O)cc1COCCc1scnc1C. The van der Waals surface area contributed by atoms with E-state index in [-0.39, 0.29) is 0 Å². The maximum Gasteiger partial charge on any atom is 0.150 e. The zero-order chi connectivity index (χ0) is 14.4. The van der Waals surface area contributed by atoms with Crippen molar-refractivity contribution in [3.63, 3.8) is 0 Å². The lowest BCUT2D eigenvalue weighted by molar-refractivity contribution is 0.112. The lowest BCUT2D eigenvalue weighted by atomic mass is 10.1. The van der Waals surface area contributed by atoms with Crippen molar-refractivity contribution >= 4 is 17.6 Å². The number of thiazole rings is 1. The van der Waals surface area contributed by atoms with Gasteiger partial charge in [-0.1, -0.05) is 0 Å². The van der Waals surface area contributed by atoms with Crippen LogP contribution in [0.15, 0.2) is 23.7 Å². The van der Waals surface area contributed by atoms with E-state index in [4.69, 9.17) is 9.47 Å². The number of benzene rings is 1. The van der Waals surface area contributed by atoms with E-state index in [1.165, 1.54) is 4.88 Å². The van der Waals surface area contributed by atoms with Crippen LogP contribution in [0.5, 0.6) is 5.75 Å². The van der Waals surface area contributed by atoms with Gasteiger partial charge in [-0.05, 0) is 25.1 Å². The van der Waals surface area contributed by atoms with Gasteiger partial charge in [0.05, 0.1) is 31.5 Å². The van der Waals surface area contributed by atoms with Gasteiger partial charge >= 0.3 is 0 Å². The highest BCUT2D eigenvalue weighted by atomic mass is 32.1. The molecule has 0 fully saturated rings. The van der Waals surface area contributed by atoms with Crippen LogP contribution in [0.25, 0.3) is 0 Å². The minimum Gasteiger partial charge on any atom is -0.496 e. The summed E-state index contributed by atoms with van der Waals surface area (Å²) in [6.07, 6.45) is 1.68. The van der Waals surface area contributed by atoms with Crippen molar-refractivity contribution in [2.45, 2.75) is 20.0 Å². The van der Waals surface area contributed by atoms with E-state index in [9.17, 15) is 4.79 Å². The number of aromatic nitrogens is 1. The maximum absolute atomic E-state index is 10.8. The zero-order valence-electron chi connectivity index (χ0n) is 11.6. The Hall–Kier alpha value is -1.72. The van der Waals surface area contributed by atoms with Crippen LogP contribution in [-0.4, -0.2) is 25.0 Å². The summed E-state index contributed by atoms with van der Waals surface area (Å²) in [5, 5.41) is 0. The highest BCUT2D eigenvalue weighted by Crippen LogP contribution is 2.20. The monoisotopic (exact) mass is 291 g/mol. The minimum absolute atomic E-state index is 0.433. The Morgan fingerprint density at radius 1 is 1.40 bits per heavy atom. The summed E-state index contributed by atoms with van der Waals surface area (Å²) >= 11 is 1.65. The first-order valence-electron chi connectivity index (χ1n) is 6.33. The largest absolute Gasteiger partial charge is 0.496 e. The molecule has 0 aliphatic carbocycles. The number of carbonyl (C=O) groups excluding carboxylic acids is 1. The number of ether oxygens (including phenoxy) is 2. The van der Waals surface area contributed by atoms with Gasteiger partial charge in [-0.2, -0.15) is 0 Å². The van der Waals surface area contributed by atoms with E-state index in [1.807, 2.05) is 12.4 Å². The molecule has 20 heavy (non-hydrogen) atoms. The number of rotatable bonds is 7. The molecule has 0 aliphatic rings. The maximum atomic E-state index is 10.8.